The van der Waals surface area contributed by atoms with Crippen molar-refractivity contribution in [2.24, 2.45) is 5.73 Å². The predicted molar refractivity (Wildman–Crippen MR) is 43.2 cm³/mol. The van der Waals surface area contributed by atoms with Crippen molar-refractivity contribution in [2.75, 3.05) is 6.61 Å². The van der Waals surface area contributed by atoms with Crippen LogP contribution < -0.4 is 5.73 Å². The Balaban J connectivity index is 2.31. The summed E-state index contributed by atoms with van der Waals surface area (Å²) in [5.41, 5.74) is 5.63. The van der Waals surface area contributed by atoms with Gasteiger partial charge in [-0.15, -0.1) is 0 Å². The number of rotatable bonds is 2. The van der Waals surface area contributed by atoms with Crippen LogP contribution in [0.5, 0.6) is 0 Å². The summed E-state index contributed by atoms with van der Waals surface area (Å²) >= 11 is 0. The predicted octanol–water partition coefficient (Wildman–Crippen LogP) is 0.875. The molecular weight excluding hydrogens is 142 g/mol. The van der Waals surface area contributed by atoms with Gasteiger partial charge in [-0.1, -0.05) is 0 Å². The maximum Gasteiger partial charge on any atom is 0.163 e. The Kier molecular flexibility index (Phi) is 2.52. The topological polar surface area (TPSA) is 44.5 Å². The first-order chi connectivity index (χ1) is 4.99. The molecule has 3 heteroatoms. The first-order valence-electron chi connectivity index (χ1n) is 4.07. The zero-order valence-electron chi connectivity index (χ0n) is 7.46. The van der Waals surface area contributed by atoms with Crippen LogP contribution >= 0.6 is 0 Å². The molecule has 0 aromatic heterocycles. The Bertz CT molecular complexity index is 134. The van der Waals surface area contributed by atoms with Crippen molar-refractivity contribution in [1.82, 2.24) is 0 Å². The fraction of sp³-hybridized carbons (Fsp3) is 1.00. The highest BCUT2D eigenvalue weighted by atomic mass is 16.7. The van der Waals surface area contributed by atoms with Gasteiger partial charge in [-0.25, -0.2) is 0 Å². The molecule has 2 atom stereocenters. The Hall–Kier alpha value is -0.120. The molecule has 2 N–H and O–H groups in total. The highest BCUT2D eigenvalue weighted by Crippen LogP contribution is 2.24. The van der Waals surface area contributed by atoms with Crippen molar-refractivity contribution in [1.29, 1.82) is 0 Å². The molecule has 1 aliphatic rings. The molecule has 66 valence electrons. The minimum Gasteiger partial charge on any atom is -0.348 e. The van der Waals surface area contributed by atoms with Crippen molar-refractivity contribution in [3.8, 4) is 0 Å². The van der Waals surface area contributed by atoms with E-state index in [0.29, 0.717) is 6.61 Å². The molecular formula is C8H17NO2. The fourth-order valence-corrected chi connectivity index (χ4v) is 1.29. The highest BCUT2D eigenvalue weighted by molar-refractivity contribution is 4.73. The Morgan fingerprint density at radius 2 is 2.27 bits per heavy atom. The maximum atomic E-state index is 5.63. The SMILES string of the molecule is CC(N)C[C@@H]1COC(C)(C)O1. The van der Waals surface area contributed by atoms with Gasteiger partial charge in [0.05, 0.1) is 12.7 Å². The van der Waals surface area contributed by atoms with Gasteiger partial charge in [0.15, 0.2) is 5.79 Å². The van der Waals surface area contributed by atoms with Crippen LogP contribution in [0.2, 0.25) is 0 Å². The maximum absolute atomic E-state index is 5.63. The normalized spacial score (nSPS) is 32.2. The van der Waals surface area contributed by atoms with Gasteiger partial charge in [0.2, 0.25) is 0 Å². The summed E-state index contributed by atoms with van der Waals surface area (Å²) in [6.45, 7) is 6.51. The van der Waals surface area contributed by atoms with Gasteiger partial charge in [-0.3, -0.25) is 0 Å². The molecule has 0 aromatic carbocycles. The van der Waals surface area contributed by atoms with E-state index in [0.717, 1.165) is 6.42 Å². The molecule has 11 heavy (non-hydrogen) atoms. The number of ether oxygens (including phenoxy) is 2. The van der Waals surface area contributed by atoms with Crippen LogP contribution in [0.3, 0.4) is 0 Å². The second kappa shape index (κ2) is 3.09. The van der Waals surface area contributed by atoms with Crippen LogP contribution in [0.4, 0.5) is 0 Å². The molecule has 1 fully saturated rings. The quantitative estimate of drug-likeness (QED) is 0.650. The average Bonchev–Trinajstić information content (AvgIpc) is 2.08. The van der Waals surface area contributed by atoms with Crippen LogP contribution in [0.15, 0.2) is 0 Å². The summed E-state index contributed by atoms with van der Waals surface area (Å²) in [5.74, 6) is -0.403. The van der Waals surface area contributed by atoms with Crippen molar-refractivity contribution in [3.05, 3.63) is 0 Å². The average molecular weight is 159 g/mol. The largest absolute Gasteiger partial charge is 0.348 e. The molecule has 0 amide bonds. The summed E-state index contributed by atoms with van der Waals surface area (Å²) < 4.78 is 10.9. The van der Waals surface area contributed by atoms with Crippen molar-refractivity contribution < 1.29 is 9.47 Å². The van der Waals surface area contributed by atoms with Crippen LogP contribution in [0, 0.1) is 0 Å². The molecule has 0 saturated carbocycles. The third kappa shape index (κ3) is 2.77. The van der Waals surface area contributed by atoms with Gasteiger partial charge in [0.1, 0.15) is 0 Å². The van der Waals surface area contributed by atoms with Crippen LogP contribution in [-0.2, 0) is 9.47 Å². The lowest BCUT2D eigenvalue weighted by atomic mass is 10.2. The second-order valence-electron chi connectivity index (χ2n) is 3.66. The van der Waals surface area contributed by atoms with E-state index in [-0.39, 0.29) is 12.1 Å². The Labute approximate surface area is 67.9 Å². The minimum absolute atomic E-state index is 0.185. The van der Waals surface area contributed by atoms with Crippen LogP contribution in [-0.4, -0.2) is 24.5 Å². The smallest absolute Gasteiger partial charge is 0.163 e. The van der Waals surface area contributed by atoms with Gasteiger partial charge in [-0.05, 0) is 27.2 Å². The molecule has 0 radical (unpaired) electrons. The molecule has 1 rings (SSSR count). The van der Waals surface area contributed by atoms with E-state index >= 15 is 0 Å². The zero-order valence-corrected chi connectivity index (χ0v) is 7.46. The first kappa shape index (κ1) is 8.97. The molecule has 3 nitrogen and oxygen atoms in total. The lowest BCUT2D eigenvalue weighted by molar-refractivity contribution is -0.139. The van der Waals surface area contributed by atoms with E-state index in [1.807, 2.05) is 20.8 Å². The van der Waals surface area contributed by atoms with Gasteiger partial charge < -0.3 is 15.2 Å². The van der Waals surface area contributed by atoms with Crippen molar-refractivity contribution >= 4 is 0 Å². The molecule has 1 saturated heterocycles. The lowest BCUT2D eigenvalue weighted by Crippen LogP contribution is -2.26. The Morgan fingerprint density at radius 3 is 2.64 bits per heavy atom. The van der Waals surface area contributed by atoms with Gasteiger partial charge in [0.25, 0.3) is 0 Å². The monoisotopic (exact) mass is 159 g/mol. The summed E-state index contributed by atoms with van der Waals surface area (Å²) in [6.07, 6.45) is 1.06. The standard InChI is InChI=1S/C8H17NO2/c1-6(9)4-7-5-10-8(2,3)11-7/h6-7H,4-5,9H2,1-3H3/t6?,7-/m1/s1. The van der Waals surface area contributed by atoms with Gasteiger partial charge in [-0.2, -0.15) is 0 Å². The molecule has 1 unspecified atom stereocenters. The van der Waals surface area contributed by atoms with Gasteiger partial charge >= 0.3 is 0 Å². The van der Waals surface area contributed by atoms with E-state index in [1.165, 1.54) is 0 Å². The van der Waals surface area contributed by atoms with E-state index < -0.39 is 5.79 Å². The van der Waals surface area contributed by atoms with E-state index in [9.17, 15) is 0 Å². The fourth-order valence-electron chi connectivity index (χ4n) is 1.29. The molecule has 0 aromatic rings. The number of hydrogen-bond donors (Lipinski definition) is 1. The van der Waals surface area contributed by atoms with Crippen LogP contribution in [0.1, 0.15) is 27.2 Å². The molecule has 0 bridgehead atoms. The van der Waals surface area contributed by atoms with Crippen molar-refractivity contribution in [3.63, 3.8) is 0 Å². The Morgan fingerprint density at radius 1 is 1.64 bits per heavy atom. The second-order valence-corrected chi connectivity index (χ2v) is 3.66. The number of hydrogen-bond acceptors (Lipinski definition) is 3. The summed E-state index contributed by atoms with van der Waals surface area (Å²) in [4.78, 5) is 0. The zero-order chi connectivity index (χ0) is 8.48. The van der Waals surface area contributed by atoms with E-state index in [2.05, 4.69) is 0 Å². The summed E-state index contributed by atoms with van der Waals surface area (Å²) in [6, 6.07) is 0.192. The third-order valence-electron chi connectivity index (χ3n) is 1.70. The highest BCUT2D eigenvalue weighted by Gasteiger charge is 2.32. The first-order valence-corrected chi connectivity index (χ1v) is 4.07. The molecule has 0 aliphatic carbocycles. The van der Waals surface area contributed by atoms with E-state index in [1.54, 1.807) is 0 Å². The lowest BCUT2D eigenvalue weighted by Gasteiger charge is -2.17. The van der Waals surface area contributed by atoms with Gasteiger partial charge in [0, 0.05) is 6.04 Å². The molecule has 1 heterocycles. The minimum atomic E-state index is -0.403. The molecule has 1 aliphatic heterocycles. The van der Waals surface area contributed by atoms with Crippen LogP contribution in [0.25, 0.3) is 0 Å². The van der Waals surface area contributed by atoms with Crippen molar-refractivity contribution in [2.45, 2.75) is 45.1 Å². The third-order valence-corrected chi connectivity index (χ3v) is 1.70. The summed E-state index contributed by atoms with van der Waals surface area (Å²) in [5, 5.41) is 0. The van der Waals surface area contributed by atoms with E-state index in [4.69, 9.17) is 15.2 Å². The molecule has 0 spiro atoms. The number of nitrogens with two attached hydrogens (primary N) is 1. The summed E-state index contributed by atoms with van der Waals surface area (Å²) in [7, 11) is 0.